The Hall–Kier alpha value is -7.90. The normalized spacial score (nSPS) is 11.9. The zero-order valence-electron chi connectivity index (χ0n) is 30.4. The predicted molar refractivity (Wildman–Crippen MR) is 230 cm³/mol. The summed E-state index contributed by atoms with van der Waals surface area (Å²) in [6.07, 6.45) is 3.87. The van der Waals surface area contributed by atoms with E-state index >= 15 is 0 Å². The standard InChI is InChI=1S/C50H30N6O/c1-4-13-31(14-5-1)48-52-49(32-15-6-2-7-16-32)54-50(53-48)39-21-12-20-37-40-29-34(23-26-44(40)57-47(37)39)55-42-25-24-36-35-19-10-11-22-41(35)56(33-17-8-3-9-18-33)46(36)45(42)38-27-28-51-30-43(38)55/h1-30H. The summed E-state index contributed by atoms with van der Waals surface area (Å²) in [6.45, 7) is 0. The first-order valence-corrected chi connectivity index (χ1v) is 19.0. The molecular formula is C50H30N6O. The lowest BCUT2D eigenvalue weighted by Gasteiger charge is -2.10. The molecule has 266 valence electrons. The fourth-order valence-electron chi connectivity index (χ4n) is 8.56. The van der Waals surface area contributed by atoms with E-state index in [1.807, 2.05) is 79.1 Å². The van der Waals surface area contributed by atoms with E-state index < -0.39 is 0 Å². The Morgan fingerprint density at radius 1 is 0.421 bits per heavy atom. The monoisotopic (exact) mass is 730 g/mol. The molecule has 0 spiro atoms. The van der Waals surface area contributed by atoms with Gasteiger partial charge in [0.15, 0.2) is 17.5 Å². The lowest BCUT2D eigenvalue weighted by atomic mass is 10.1. The van der Waals surface area contributed by atoms with Gasteiger partial charge < -0.3 is 13.6 Å². The van der Waals surface area contributed by atoms with Gasteiger partial charge in [-0.25, -0.2) is 15.0 Å². The van der Waals surface area contributed by atoms with Crippen LogP contribution in [0.25, 0.3) is 111 Å². The Balaban J connectivity index is 1.09. The van der Waals surface area contributed by atoms with Crippen LogP contribution < -0.4 is 0 Å². The van der Waals surface area contributed by atoms with Crippen molar-refractivity contribution in [2.24, 2.45) is 0 Å². The lowest BCUT2D eigenvalue weighted by molar-refractivity contribution is 0.669. The van der Waals surface area contributed by atoms with Crippen LogP contribution >= 0.6 is 0 Å². The second-order valence-electron chi connectivity index (χ2n) is 14.3. The Kier molecular flexibility index (Phi) is 6.79. The van der Waals surface area contributed by atoms with Gasteiger partial charge in [0.05, 0.1) is 33.8 Å². The molecule has 5 heterocycles. The van der Waals surface area contributed by atoms with E-state index in [4.69, 9.17) is 19.4 Å². The third-order valence-corrected chi connectivity index (χ3v) is 11.1. The van der Waals surface area contributed by atoms with E-state index in [-0.39, 0.29) is 0 Å². The van der Waals surface area contributed by atoms with Crippen LogP contribution in [0.4, 0.5) is 0 Å². The number of rotatable bonds is 5. The van der Waals surface area contributed by atoms with Gasteiger partial charge in [-0.15, -0.1) is 0 Å². The van der Waals surface area contributed by atoms with Crippen molar-refractivity contribution in [2.45, 2.75) is 0 Å². The van der Waals surface area contributed by atoms with Crippen LogP contribution in [0.2, 0.25) is 0 Å². The smallest absolute Gasteiger partial charge is 0.167 e. The number of pyridine rings is 1. The zero-order chi connectivity index (χ0) is 37.5. The van der Waals surface area contributed by atoms with Crippen molar-refractivity contribution < 1.29 is 4.42 Å². The molecule has 0 bridgehead atoms. The molecule has 0 amide bonds. The van der Waals surface area contributed by atoms with Gasteiger partial charge in [0.1, 0.15) is 11.2 Å². The van der Waals surface area contributed by atoms with Gasteiger partial charge in [0.2, 0.25) is 0 Å². The average Bonchev–Trinajstić information content (AvgIpc) is 3.94. The van der Waals surface area contributed by atoms with Gasteiger partial charge in [-0.2, -0.15) is 0 Å². The van der Waals surface area contributed by atoms with Gasteiger partial charge in [-0.05, 0) is 54.6 Å². The molecule has 0 fully saturated rings. The van der Waals surface area contributed by atoms with Crippen LogP contribution in [0.5, 0.6) is 0 Å². The van der Waals surface area contributed by atoms with Crippen LogP contribution in [0.15, 0.2) is 187 Å². The summed E-state index contributed by atoms with van der Waals surface area (Å²) in [5, 5.41) is 6.75. The molecule has 7 heteroatoms. The first-order valence-electron chi connectivity index (χ1n) is 19.0. The summed E-state index contributed by atoms with van der Waals surface area (Å²) in [5.41, 5.74) is 10.8. The molecule has 0 unspecified atom stereocenters. The van der Waals surface area contributed by atoms with E-state index in [9.17, 15) is 0 Å². The maximum Gasteiger partial charge on any atom is 0.167 e. The van der Waals surface area contributed by atoms with E-state index in [1.54, 1.807) is 0 Å². The number of hydrogen-bond donors (Lipinski definition) is 0. The quantitative estimate of drug-likeness (QED) is 0.176. The number of fused-ring (bicyclic) bond motifs is 10. The van der Waals surface area contributed by atoms with E-state index in [0.717, 1.165) is 66.4 Å². The molecule has 0 N–H and O–H groups in total. The molecule has 0 aliphatic heterocycles. The van der Waals surface area contributed by atoms with Gasteiger partial charge in [-0.1, -0.05) is 115 Å². The maximum atomic E-state index is 6.71. The summed E-state index contributed by atoms with van der Waals surface area (Å²) in [5.74, 6) is 1.77. The molecule has 0 aliphatic rings. The molecule has 5 aromatic heterocycles. The SMILES string of the molecule is c1ccc(-c2nc(-c3ccccc3)nc(-c3cccc4c3oc3ccc(-n5c6cnccc6c6c5ccc5c7ccccc7n(-c7ccccc7)c56)cc34)n2)cc1. The highest BCUT2D eigenvalue weighted by molar-refractivity contribution is 6.26. The van der Waals surface area contributed by atoms with E-state index in [1.165, 1.54) is 27.2 Å². The van der Waals surface area contributed by atoms with Crippen molar-refractivity contribution in [2.75, 3.05) is 0 Å². The Bertz CT molecular complexity index is 3460. The molecule has 7 nitrogen and oxygen atoms in total. The first-order chi connectivity index (χ1) is 28.3. The lowest BCUT2D eigenvalue weighted by Crippen LogP contribution is -2.00. The molecule has 0 atom stereocenters. The largest absolute Gasteiger partial charge is 0.455 e. The second kappa shape index (κ2) is 12.3. The first kappa shape index (κ1) is 31.5. The third-order valence-electron chi connectivity index (χ3n) is 11.1. The average molecular weight is 731 g/mol. The maximum absolute atomic E-state index is 6.71. The Labute approximate surface area is 325 Å². The molecule has 0 radical (unpaired) electrons. The van der Waals surface area contributed by atoms with Crippen molar-refractivity contribution in [3.8, 4) is 45.5 Å². The summed E-state index contributed by atoms with van der Waals surface area (Å²) < 4.78 is 11.4. The molecule has 12 rings (SSSR count). The number of para-hydroxylation sites is 3. The number of nitrogens with zero attached hydrogens (tertiary/aromatic N) is 6. The zero-order valence-corrected chi connectivity index (χ0v) is 30.4. The highest BCUT2D eigenvalue weighted by Crippen LogP contribution is 2.43. The Morgan fingerprint density at radius 2 is 1.11 bits per heavy atom. The fraction of sp³-hybridized carbons (Fsp3) is 0. The van der Waals surface area contributed by atoms with Crippen LogP contribution in [-0.2, 0) is 0 Å². The minimum absolute atomic E-state index is 0.555. The minimum atomic E-state index is 0.555. The van der Waals surface area contributed by atoms with Crippen molar-refractivity contribution in [1.82, 2.24) is 29.1 Å². The highest BCUT2D eigenvalue weighted by Gasteiger charge is 2.22. The van der Waals surface area contributed by atoms with Crippen LogP contribution in [-0.4, -0.2) is 29.1 Å². The number of hydrogen-bond acceptors (Lipinski definition) is 5. The highest BCUT2D eigenvalue weighted by atomic mass is 16.3. The van der Waals surface area contributed by atoms with Gasteiger partial charge >= 0.3 is 0 Å². The van der Waals surface area contributed by atoms with Crippen LogP contribution in [0.3, 0.4) is 0 Å². The van der Waals surface area contributed by atoms with Gasteiger partial charge in [0.25, 0.3) is 0 Å². The minimum Gasteiger partial charge on any atom is -0.455 e. The fourth-order valence-corrected chi connectivity index (χ4v) is 8.56. The van der Waals surface area contributed by atoms with Gasteiger partial charge in [0, 0.05) is 61.0 Å². The topological polar surface area (TPSA) is 74.6 Å². The molecule has 0 aliphatic carbocycles. The molecule has 12 aromatic rings. The summed E-state index contributed by atoms with van der Waals surface area (Å²) in [4.78, 5) is 19.6. The molecule has 0 saturated carbocycles. The summed E-state index contributed by atoms with van der Waals surface area (Å²) >= 11 is 0. The van der Waals surface area contributed by atoms with Crippen molar-refractivity contribution >= 4 is 65.6 Å². The van der Waals surface area contributed by atoms with E-state index in [0.29, 0.717) is 17.5 Å². The van der Waals surface area contributed by atoms with Gasteiger partial charge in [-0.3, -0.25) is 4.98 Å². The van der Waals surface area contributed by atoms with Crippen molar-refractivity contribution in [3.63, 3.8) is 0 Å². The van der Waals surface area contributed by atoms with E-state index in [2.05, 4.69) is 117 Å². The van der Waals surface area contributed by atoms with Crippen molar-refractivity contribution in [3.05, 3.63) is 182 Å². The number of furan rings is 1. The Morgan fingerprint density at radius 3 is 1.88 bits per heavy atom. The van der Waals surface area contributed by atoms with Crippen LogP contribution in [0, 0.1) is 0 Å². The van der Waals surface area contributed by atoms with Crippen molar-refractivity contribution in [1.29, 1.82) is 0 Å². The summed E-state index contributed by atoms with van der Waals surface area (Å²) in [6, 6.07) is 58.6. The number of aromatic nitrogens is 6. The predicted octanol–water partition coefficient (Wildman–Crippen LogP) is 12.4. The van der Waals surface area contributed by atoms with Crippen LogP contribution in [0.1, 0.15) is 0 Å². The molecule has 0 saturated heterocycles. The molecular weight excluding hydrogens is 701 g/mol. The second-order valence-corrected chi connectivity index (χ2v) is 14.3. The molecule has 7 aromatic carbocycles. The molecule has 57 heavy (non-hydrogen) atoms. The third kappa shape index (κ3) is 4.79. The summed E-state index contributed by atoms with van der Waals surface area (Å²) in [7, 11) is 0. The number of benzene rings is 7.